The number of amides is 1. The van der Waals surface area contributed by atoms with Crippen molar-refractivity contribution in [1.82, 2.24) is 10.3 Å². The second-order valence-corrected chi connectivity index (χ2v) is 8.91. The monoisotopic (exact) mass is 516 g/mol. The van der Waals surface area contributed by atoms with E-state index in [9.17, 15) is 19.1 Å². The molecule has 3 aromatic carbocycles. The van der Waals surface area contributed by atoms with Crippen molar-refractivity contribution >= 4 is 39.9 Å². The highest BCUT2D eigenvalue weighted by molar-refractivity contribution is 6.21. The zero-order valence-corrected chi connectivity index (χ0v) is 21.2. The van der Waals surface area contributed by atoms with Crippen LogP contribution in [0.4, 0.5) is 15.8 Å². The number of aliphatic imine (C=N–C) groups is 1. The average molecular weight is 517 g/mol. The highest BCUT2D eigenvalue weighted by Gasteiger charge is 2.20. The van der Waals surface area contributed by atoms with Gasteiger partial charge in [0.05, 0.1) is 28.9 Å². The molecule has 1 amide bonds. The summed E-state index contributed by atoms with van der Waals surface area (Å²) in [5, 5.41) is 23.6. The number of nitrogens with one attached hydrogen (secondary N) is 2. The van der Waals surface area contributed by atoms with E-state index in [1.807, 2.05) is 19.2 Å². The highest BCUT2D eigenvalue weighted by atomic mass is 19.1. The Balaban J connectivity index is 1.77. The lowest BCUT2D eigenvalue weighted by molar-refractivity contribution is -0.136. The van der Waals surface area contributed by atoms with Gasteiger partial charge < -0.3 is 25.4 Å². The van der Waals surface area contributed by atoms with Gasteiger partial charge in [-0.3, -0.25) is 9.59 Å². The predicted octanol–water partition coefficient (Wildman–Crippen LogP) is 4.77. The zero-order chi connectivity index (χ0) is 27.2. The summed E-state index contributed by atoms with van der Waals surface area (Å²) in [6, 6.07) is 18.3. The Morgan fingerprint density at radius 3 is 2.39 bits per heavy atom. The van der Waals surface area contributed by atoms with Crippen LogP contribution in [0.1, 0.15) is 30.0 Å². The molecule has 1 aromatic heterocycles. The van der Waals surface area contributed by atoms with E-state index in [0.717, 1.165) is 18.7 Å². The van der Waals surface area contributed by atoms with Crippen molar-refractivity contribution < 1.29 is 24.2 Å². The van der Waals surface area contributed by atoms with E-state index in [0.29, 0.717) is 45.5 Å². The normalized spacial score (nSPS) is 11.6. The molecule has 9 heteroatoms. The van der Waals surface area contributed by atoms with Crippen molar-refractivity contribution in [3.05, 3.63) is 89.2 Å². The highest BCUT2D eigenvalue weighted by Crippen LogP contribution is 2.32. The van der Waals surface area contributed by atoms with Crippen LogP contribution in [0.15, 0.2) is 71.7 Å². The minimum atomic E-state index is -0.936. The molecule has 0 unspecified atom stereocenters. The van der Waals surface area contributed by atoms with E-state index in [4.69, 9.17) is 10.1 Å². The smallest absolute Gasteiger partial charge is 0.307 e. The number of aromatic nitrogens is 1. The third-order valence-electron chi connectivity index (χ3n) is 6.15. The lowest BCUT2D eigenvalue weighted by Crippen LogP contribution is -2.31. The van der Waals surface area contributed by atoms with Gasteiger partial charge in [0.25, 0.3) is 0 Å². The number of H-pyrrole nitrogens is 1. The number of carboxylic acids is 1. The first-order valence-corrected chi connectivity index (χ1v) is 12.2. The van der Waals surface area contributed by atoms with Crippen LogP contribution in [0.2, 0.25) is 0 Å². The van der Waals surface area contributed by atoms with Gasteiger partial charge in [0, 0.05) is 30.1 Å². The van der Waals surface area contributed by atoms with Crippen LogP contribution in [-0.4, -0.2) is 52.9 Å². The number of benzene rings is 3. The second kappa shape index (κ2) is 11.7. The van der Waals surface area contributed by atoms with Crippen molar-refractivity contribution in [1.29, 1.82) is 0 Å². The van der Waals surface area contributed by atoms with Gasteiger partial charge in [-0.05, 0) is 68.0 Å². The van der Waals surface area contributed by atoms with Gasteiger partial charge in [-0.2, -0.15) is 0 Å². The molecule has 1 heterocycles. The van der Waals surface area contributed by atoms with Gasteiger partial charge in [-0.15, -0.1) is 0 Å². The number of aliphatic carboxylic acids is 1. The van der Waals surface area contributed by atoms with Crippen LogP contribution in [0, 0.1) is 5.82 Å². The quantitative estimate of drug-likeness (QED) is 0.179. The third kappa shape index (κ3) is 6.07. The molecule has 0 aliphatic heterocycles. The number of fused-ring (bicyclic) bond motifs is 1. The first kappa shape index (κ1) is 26.6. The predicted molar refractivity (Wildman–Crippen MR) is 146 cm³/mol. The number of hydrogen-bond acceptors (Lipinski definition) is 5. The van der Waals surface area contributed by atoms with E-state index < -0.39 is 11.8 Å². The number of rotatable bonds is 10. The zero-order valence-electron chi connectivity index (χ0n) is 21.2. The molecule has 0 aliphatic rings. The van der Waals surface area contributed by atoms with Crippen molar-refractivity contribution in [2.75, 3.05) is 25.0 Å². The van der Waals surface area contributed by atoms with Crippen LogP contribution < -0.4 is 10.2 Å². The number of anilines is 1. The Labute approximate surface area is 219 Å². The Hall–Kier alpha value is -4.50. The molecule has 0 saturated heterocycles. The van der Waals surface area contributed by atoms with Crippen LogP contribution in [0.5, 0.6) is 5.88 Å². The maximum absolute atomic E-state index is 13.8. The Morgan fingerprint density at radius 2 is 1.76 bits per heavy atom. The number of aromatic amines is 1. The molecule has 8 nitrogen and oxygen atoms in total. The molecule has 0 spiro atoms. The van der Waals surface area contributed by atoms with E-state index in [1.54, 1.807) is 47.4 Å². The molecule has 196 valence electrons. The van der Waals surface area contributed by atoms with Crippen molar-refractivity contribution in [3.8, 4) is 5.88 Å². The van der Waals surface area contributed by atoms with Gasteiger partial charge in [0.1, 0.15) is 5.82 Å². The van der Waals surface area contributed by atoms with Gasteiger partial charge >= 0.3 is 5.97 Å². The molecule has 0 atom stereocenters. The summed E-state index contributed by atoms with van der Waals surface area (Å²) in [4.78, 5) is 32.7. The number of carboxylic acid groups (broad SMARTS) is 1. The molecule has 0 fully saturated rings. The summed E-state index contributed by atoms with van der Waals surface area (Å²) >= 11 is 0. The standard InChI is InChI=1S/C29H29FN4O4/c1-18(35)34(15-3-14-31-2)23-11-9-22(10-12-23)32-28(20-6-4-19(5-7-20)16-26(36)37)27-24-13-8-21(30)17-25(24)33-29(27)38/h4-13,17,31,33,38H,3,14-16H2,1-2H3,(H,36,37). The maximum atomic E-state index is 13.8. The van der Waals surface area contributed by atoms with E-state index >= 15 is 0 Å². The topological polar surface area (TPSA) is 118 Å². The molecule has 0 bridgehead atoms. The maximum Gasteiger partial charge on any atom is 0.307 e. The lowest BCUT2D eigenvalue weighted by Gasteiger charge is -2.21. The van der Waals surface area contributed by atoms with Crippen LogP contribution in [0.3, 0.4) is 0 Å². The SMILES string of the molecule is CNCCCN(C(C)=O)c1ccc(N=C(c2ccc(CC(=O)O)cc2)c2c(O)[nH]c3cc(F)ccc23)cc1. The number of halogens is 1. The molecule has 38 heavy (non-hydrogen) atoms. The van der Waals surface area contributed by atoms with Crippen LogP contribution in [-0.2, 0) is 16.0 Å². The summed E-state index contributed by atoms with van der Waals surface area (Å²) in [7, 11) is 1.87. The minimum absolute atomic E-state index is 0.0598. The molecule has 4 aromatic rings. The first-order chi connectivity index (χ1) is 18.3. The number of aromatic hydroxyl groups is 1. The summed E-state index contributed by atoms with van der Waals surface area (Å²) in [6.45, 7) is 2.89. The van der Waals surface area contributed by atoms with Gasteiger partial charge in [0.15, 0.2) is 5.88 Å². The molecular weight excluding hydrogens is 487 g/mol. The molecule has 4 rings (SSSR count). The Morgan fingerprint density at radius 1 is 1.05 bits per heavy atom. The number of hydrogen-bond donors (Lipinski definition) is 4. The fourth-order valence-corrected chi connectivity index (χ4v) is 4.33. The molecule has 0 saturated carbocycles. The number of carbonyl (C=O) groups excluding carboxylic acids is 1. The van der Waals surface area contributed by atoms with Gasteiger partial charge in [-0.25, -0.2) is 9.38 Å². The molecule has 0 aliphatic carbocycles. The van der Waals surface area contributed by atoms with E-state index in [1.165, 1.54) is 19.1 Å². The Bertz CT molecular complexity index is 1480. The molecular formula is C29H29FN4O4. The van der Waals surface area contributed by atoms with E-state index in [-0.39, 0.29) is 18.2 Å². The van der Waals surface area contributed by atoms with E-state index in [2.05, 4.69) is 10.3 Å². The lowest BCUT2D eigenvalue weighted by atomic mass is 9.99. The number of nitrogens with zero attached hydrogens (tertiary/aromatic N) is 2. The van der Waals surface area contributed by atoms with Crippen LogP contribution in [0.25, 0.3) is 10.9 Å². The summed E-state index contributed by atoms with van der Waals surface area (Å²) in [5.74, 6) is -1.60. The average Bonchev–Trinajstić information content (AvgIpc) is 3.20. The van der Waals surface area contributed by atoms with Gasteiger partial charge in [-0.1, -0.05) is 24.3 Å². The third-order valence-corrected chi connectivity index (χ3v) is 6.15. The van der Waals surface area contributed by atoms with Crippen molar-refractivity contribution in [2.24, 2.45) is 4.99 Å². The fraction of sp³-hybridized carbons (Fsp3) is 0.207. The number of carbonyl (C=O) groups is 2. The largest absolute Gasteiger partial charge is 0.494 e. The molecule has 0 radical (unpaired) electrons. The van der Waals surface area contributed by atoms with Crippen LogP contribution >= 0.6 is 0 Å². The van der Waals surface area contributed by atoms with Crippen molar-refractivity contribution in [2.45, 2.75) is 19.8 Å². The summed E-state index contributed by atoms with van der Waals surface area (Å²) in [5.41, 5.74) is 3.83. The first-order valence-electron chi connectivity index (χ1n) is 12.2. The Kier molecular flexibility index (Phi) is 8.18. The summed E-state index contributed by atoms with van der Waals surface area (Å²) in [6.07, 6.45) is 0.686. The second-order valence-electron chi connectivity index (χ2n) is 8.91. The fourth-order valence-electron chi connectivity index (χ4n) is 4.33. The molecule has 4 N–H and O–H groups in total. The van der Waals surface area contributed by atoms with Crippen molar-refractivity contribution in [3.63, 3.8) is 0 Å². The minimum Gasteiger partial charge on any atom is -0.494 e. The summed E-state index contributed by atoms with van der Waals surface area (Å²) < 4.78 is 13.8. The van der Waals surface area contributed by atoms with Gasteiger partial charge in [0.2, 0.25) is 5.91 Å².